The molecule has 0 aliphatic carbocycles. The number of aliphatic hydroxyl groups excluding tert-OH is 1. The lowest BCUT2D eigenvalue weighted by atomic mass is 9.88. The summed E-state index contributed by atoms with van der Waals surface area (Å²) in [4.78, 5) is 1.97. The van der Waals surface area contributed by atoms with E-state index >= 15 is 0 Å². The van der Waals surface area contributed by atoms with Crippen molar-refractivity contribution in [1.82, 2.24) is 10.2 Å². The summed E-state index contributed by atoms with van der Waals surface area (Å²) in [5.41, 5.74) is 0.119. The number of aliphatic hydroxyl groups is 1. The molecule has 0 aromatic rings. The summed E-state index contributed by atoms with van der Waals surface area (Å²) in [6.45, 7) is 6.38. The summed E-state index contributed by atoms with van der Waals surface area (Å²) in [5, 5.41) is 21.4. The quantitative estimate of drug-likeness (QED) is 0.645. The van der Waals surface area contributed by atoms with Gasteiger partial charge in [-0.1, -0.05) is 13.8 Å². The molecule has 4 heteroatoms. The molecule has 0 bridgehead atoms. The van der Waals surface area contributed by atoms with Gasteiger partial charge in [-0.2, -0.15) is 5.26 Å². The Kier molecular flexibility index (Phi) is 7.31. The minimum Gasteiger partial charge on any atom is -0.390 e. The van der Waals surface area contributed by atoms with Crippen molar-refractivity contribution in [3.8, 4) is 6.07 Å². The molecule has 1 atom stereocenters. The number of nitrogens with one attached hydrogen (secondary N) is 1. The minimum absolute atomic E-state index is 0.119. The number of hydrogen-bond acceptors (Lipinski definition) is 4. The molecule has 0 heterocycles. The second kappa shape index (κ2) is 7.61. The first-order valence-electron chi connectivity index (χ1n) is 5.78. The van der Waals surface area contributed by atoms with Gasteiger partial charge in [-0.3, -0.25) is 0 Å². The zero-order valence-corrected chi connectivity index (χ0v) is 11.0. The van der Waals surface area contributed by atoms with E-state index < -0.39 is 0 Å². The summed E-state index contributed by atoms with van der Waals surface area (Å²) < 4.78 is 0. The number of nitriles is 1. The summed E-state index contributed by atoms with van der Waals surface area (Å²) in [6, 6.07) is 2.17. The van der Waals surface area contributed by atoms with Crippen LogP contribution in [0.1, 0.15) is 26.7 Å². The minimum atomic E-state index is -0.332. The van der Waals surface area contributed by atoms with Crippen LogP contribution in [0.25, 0.3) is 0 Å². The second-order valence-electron chi connectivity index (χ2n) is 5.37. The van der Waals surface area contributed by atoms with Crippen molar-refractivity contribution in [1.29, 1.82) is 5.26 Å². The van der Waals surface area contributed by atoms with Gasteiger partial charge in [-0.05, 0) is 25.9 Å². The number of nitrogens with zero attached hydrogens (tertiary/aromatic N) is 2. The van der Waals surface area contributed by atoms with Gasteiger partial charge in [0.25, 0.3) is 0 Å². The molecule has 0 amide bonds. The molecule has 0 radical (unpaired) electrons. The molecule has 16 heavy (non-hydrogen) atoms. The van der Waals surface area contributed by atoms with Gasteiger partial charge in [-0.25, -0.2) is 0 Å². The molecule has 1 unspecified atom stereocenters. The SMILES string of the molecule is CN(C)CC(O)CNCC(C)(C)CCC#N. The molecule has 0 spiro atoms. The molecule has 0 fully saturated rings. The van der Waals surface area contributed by atoms with Crippen LogP contribution in [0.3, 0.4) is 0 Å². The van der Waals surface area contributed by atoms with Crippen LogP contribution < -0.4 is 5.32 Å². The normalized spacial score (nSPS) is 13.8. The van der Waals surface area contributed by atoms with Crippen molar-refractivity contribution in [2.24, 2.45) is 5.41 Å². The van der Waals surface area contributed by atoms with Crippen LogP contribution >= 0.6 is 0 Å². The molecule has 0 saturated carbocycles. The van der Waals surface area contributed by atoms with Crippen LogP contribution in [0.2, 0.25) is 0 Å². The smallest absolute Gasteiger partial charge is 0.0791 e. The maximum Gasteiger partial charge on any atom is 0.0791 e. The Labute approximate surface area is 99.3 Å². The highest BCUT2D eigenvalue weighted by Crippen LogP contribution is 2.20. The van der Waals surface area contributed by atoms with E-state index in [0.717, 1.165) is 13.0 Å². The van der Waals surface area contributed by atoms with Crippen molar-refractivity contribution in [2.75, 3.05) is 33.7 Å². The van der Waals surface area contributed by atoms with Crippen molar-refractivity contribution < 1.29 is 5.11 Å². The van der Waals surface area contributed by atoms with E-state index in [1.807, 2.05) is 19.0 Å². The lowest BCUT2D eigenvalue weighted by Crippen LogP contribution is -2.38. The zero-order chi connectivity index (χ0) is 12.6. The topological polar surface area (TPSA) is 59.3 Å². The summed E-state index contributed by atoms with van der Waals surface area (Å²) in [6.07, 6.45) is 1.15. The lowest BCUT2D eigenvalue weighted by Gasteiger charge is -2.25. The Morgan fingerprint density at radius 3 is 2.56 bits per heavy atom. The van der Waals surface area contributed by atoms with E-state index in [2.05, 4.69) is 25.2 Å². The Morgan fingerprint density at radius 1 is 1.44 bits per heavy atom. The van der Waals surface area contributed by atoms with Crippen molar-refractivity contribution >= 4 is 0 Å². The fourth-order valence-electron chi connectivity index (χ4n) is 1.55. The average molecular weight is 227 g/mol. The summed E-state index contributed by atoms with van der Waals surface area (Å²) >= 11 is 0. The Bertz CT molecular complexity index is 221. The third-order valence-electron chi connectivity index (χ3n) is 2.47. The molecule has 0 aromatic carbocycles. The van der Waals surface area contributed by atoms with Gasteiger partial charge < -0.3 is 15.3 Å². The third kappa shape index (κ3) is 8.66. The largest absolute Gasteiger partial charge is 0.390 e. The molecule has 0 rings (SSSR count). The van der Waals surface area contributed by atoms with Crippen LogP contribution in [-0.2, 0) is 0 Å². The number of likely N-dealkylation sites (N-methyl/N-ethyl adjacent to an activating group) is 1. The van der Waals surface area contributed by atoms with Crippen molar-refractivity contribution in [3.63, 3.8) is 0 Å². The van der Waals surface area contributed by atoms with E-state index in [-0.39, 0.29) is 11.5 Å². The highest BCUT2D eigenvalue weighted by atomic mass is 16.3. The third-order valence-corrected chi connectivity index (χ3v) is 2.47. The summed E-state index contributed by atoms with van der Waals surface area (Å²) in [7, 11) is 3.89. The molecular formula is C12H25N3O. The van der Waals surface area contributed by atoms with Gasteiger partial charge in [0.05, 0.1) is 12.2 Å². The molecule has 94 valence electrons. The molecule has 0 aliphatic heterocycles. The van der Waals surface area contributed by atoms with Crippen LogP contribution in [0, 0.1) is 16.7 Å². The van der Waals surface area contributed by atoms with Crippen LogP contribution in [0.15, 0.2) is 0 Å². The number of hydrogen-bond donors (Lipinski definition) is 2. The maximum atomic E-state index is 9.64. The van der Waals surface area contributed by atoms with Crippen LogP contribution in [0.4, 0.5) is 0 Å². The highest BCUT2D eigenvalue weighted by Gasteiger charge is 2.17. The first kappa shape index (κ1) is 15.4. The molecule has 4 nitrogen and oxygen atoms in total. The van der Waals surface area contributed by atoms with Gasteiger partial charge in [-0.15, -0.1) is 0 Å². The number of rotatable bonds is 8. The van der Waals surface area contributed by atoms with Crippen molar-refractivity contribution in [2.45, 2.75) is 32.8 Å². The van der Waals surface area contributed by atoms with Crippen molar-refractivity contribution in [3.05, 3.63) is 0 Å². The summed E-state index contributed by atoms with van der Waals surface area (Å²) in [5.74, 6) is 0. The maximum absolute atomic E-state index is 9.64. The van der Waals surface area contributed by atoms with Crippen LogP contribution in [0.5, 0.6) is 0 Å². The predicted octanol–water partition coefficient (Wildman–Crippen LogP) is 0.828. The van der Waals surface area contributed by atoms with Gasteiger partial charge in [0.2, 0.25) is 0 Å². The Balaban J connectivity index is 3.67. The standard InChI is InChI=1S/C12H25N3O/c1-12(2,6-5-7-13)10-14-8-11(16)9-15(3)4/h11,14,16H,5-6,8-10H2,1-4H3. The Hall–Kier alpha value is -0.630. The van der Waals surface area contributed by atoms with E-state index in [1.165, 1.54) is 0 Å². The lowest BCUT2D eigenvalue weighted by molar-refractivity contribution is 0.130. The van der Waals surface area contributed by atoms with Gasteiger partial charge >= 0.3 is 0 Å². The second-order valence-corrected chi connectivity index (χ2v) is 5.37. The van der Waals surface area contributed by atoms with Crippen LogP contribution in [-0.4, -0.2) is 49.8 Å². The van der Waals surface area contributed by atoms with Gasteiger partial charge in [0.1, 0.15) is 0 Å². The molecule has 0 saturated heterocycles. The highest BCUT2D eigenvalue weighted by molar-refractivity contribution is 4.79. The van der Waals surface area contributed by atoms with E-state index in [1.54, 1.807) is 0 Å². The van der Waals surface area contributed by atoms with E-state index in [9.17, 15) is 5.11 Å². The predicted molar refractivity (Wildman–Crippen MR) is 66.1 cm³/mol. The molecule has 0 aromatic heterocycles. The Morgan fingerprint density at radius 2 is 2.06 bits per heavy atom. The van der Waals surface area contributed by atoms with E-state index in [4.69, 9.17) is 5.26 Å². The first-order valence-corrected chi connectivity index (χ1v) is 5.78. The van der Waals surface area contributed by atoms with E-state index in [0.29, 0.717) is 19.5 Å². The monoisotopic (exact) mass is 227 g/mol. The first-order chi connectivity index (χ1) is 7.37. The van der Waals surface area contributed by atoms with Gasteiger partial charge in [0.15, 0.2) is 0 Å². The fraction of sp³-hybridized carbons (Fsp3) is 0.917. The zero-order valence-electron chi connectivity index (χ0n) is 11.0. The molecular weight excluding hydrogens is 202 g/mol. The molecule has 2 N–H and O–H groups in total. The van der Waals surface area contributed by atoms with Gasteiger partial charge in [0, 0.05) is 26.1 Å². The average Bonchev–Trinajstić information content (AvgIpc) is 2.13. The molecule has 0 aliphatic rings. The fourth-order valence-corrected chi connectivity index (χ4v) is 1.55.